The standard InChI is InChI=1S/C20H29N7O2.HI/c1-21-20(22-13-17(18-6-5-11-29-18)25-7-3-4-8-25)26-9-10-27(19(28)15-26)16-12-23-24(2)14-16;/h5-6,11-12,14,17H,3-4,7-10,13,15H2,1-2H3,(H,21,22);1H. The van der Waals surface area contributed by atoms with Crippen LogP contribution in [-0.4, -0.2) is 77.8 Å². The van der Waals surface area contributed by atoms with E-state index in [-0.39, 0.29) is 35.9 Å². The zero-order valence-electron chi connectivity index (χ0n) is 17.5. The molecule has 0 bridgehead atoms. The first-order valence-electron chi connectivity index (χ1n) is 10.2. The number of carbonyl (C=O) groups excluding carboxylic acids is 1. The third-order valence-electron chi connectivity index (χ3n) is 5.64. The largest absolute Gasteiger partial charge is 0.468 e. The molecule has 0 aliphatic carbocycles. The van der Waals surface area contributed by atoms with Gasteiger partial charge in [-0.15, -0.1) is 24.0 Å². The normalized spacial score (nSPS) is 19.1. The number of anilines is 1. The fraction of sp³-hybridized carbons (Fsp3) is 0.550. The topological polar surface area (TPSA) is 82.1 Å². The summed E-state index contributed by atoms with van der Waals surface area (Å²) >= 11 is 0. The minimum absolute atomic E-state index is 0. The molecule has 9 nitrogen and oxygen atoms in total. The molecule has 1 unspecified atom stereocenters. The molecule has 2 fully saturated rings. The molecule has 2 saturated heterocycles. The third-order valence-corrected chi connectivity index (χ3v) is 5.64. The molecule has 2 aliphatic rings. The lowest BCUT2D eigenvalue weighted by Crippen LogP contribution is -2.56. The Bertz CT molecular complexity index is 845. The fourth-order valence-corrected chi connectivity index (χ4v) is 4.14. The van der Waals surface area contributed by atoms with Gasteiger partial charge in [0.15, 0.2) is 5.96 Å². The highest BCUT2D eigenvalue weighted by Crippen LogP contribution is 2.25. The lowest BCUT2D eigenvalue weighted by atomic mass is 10.2. The van der Waals surface area contributed by atoms with Gasteiger partial charge in [0.1, 0.15) is 12.3 Å². The van der Waals surface area contributed by atoms with Crippen LogP contribution in [0, 0.1) is 0 Å². The van der Waals surface area contributed by atoms with Crippen LogP contribution in [0.3, 0.4) is 0 Å². The average molecular weight is 527 g/mol. The Hall–Kier alpha value is -2.08. The highest BCUT2D eigenvalue weighted by Gasteiger charge is 2.29. The van der Waals surface area contributed by atoms with Gasteiger partial charge in [0, 0.05) is 39.9 Å². The summed E-state index contributed by atoms with van der Waals surface area (Å²) in [5, 5.41) is 7.64. The smallest absolute Gasteiger partial charge is 0.246 e. The number of nitrogens with zero attached hydrogens (tertiary/aromatic N) is 6. The highest BCUT2D eigenvalue weighted by molar-refractivity contribution is 14.0. The summed E-state index contributed by atoms with van der Waals surface area (Å²) in [6, 6.07) is 4.13. The van der Waals surface area contributed by atoms with Crippen LogP contribution >= 0.6 is 24.0 Å². The van der Waals surface area contributed by atoms with E-state index in [1.165, 1.54) is 12.8 Å². The molecule has 0 radical (unpaired) electrons. The molecule has 164 valence electrons. The number of aliphatic imine (C=N–C) groups is 1. The first-order valence-corrected chi connectivity index (χ1v) is 10.2. The number of carbonyl (C=O) groups is 1. The van der Waals surface area contributed by atoms with E-state index in [0.29, 0.717) is 19.6 Å². The molecule has 0 aromatic carbocycles. The monoisotopic (exact) mass is 527 g/mol. The highest BCUT2D eigenvalue weighted by atomic mass is 127. The van der Waals surface area contributed by atoms with Gasteiger partial charge in [-0.2, -0.15) is 5.10 Å². The maximum absolute atomic E-state index is 12.7. The van der Waals surface area contributed by atoms with Crippen LogP contribution in [0.2, 0.25) is 0 Å². The van der Waals surface area contributed by atoms with E-state index in [2.05, 4.69) is 20.3 Å². The van der Waals surface area contributed by atoms with E-state index >= 15 is 0 Å². The molecular weight excluding hydrogens is 497 g/mol. The number of nitrogens with one attached hydrogen (secondary N) is 1. The van der Waals surface area contributed by atoms with Gasteiger partial charge in [-0.1, -0.05) is 0 Å². The number of hydrogen-bond acceptors (Lipinski definition) is 5. The van der Waals surface area contributed by atoms with Crippen molar-refractivity contribution in [1.29, 1.82) is 0 Å². The molecular formula is C20H30IN7O2. The van der Waals surface area contributed by atoms with Crippen molar-refractivity contribution in [2.24, 2.45) is 12.0 Å². The quantitative estimate of drug-likeness (QED) is 0.362. The predicted octanol–water partition coefficient (Wildman–Crippen LogP) is 1.69. The second-order valence-corrected chi connectivity index (χ2v) is 7.54. The molecule has 4 rings (SSSR count). The van der Waals surface area contributed by atoms with Gasteiger partial charge < -0.3 is 19.5 Å². The molecule has 2 aromatic rings. The van der Waals surface area contributed by atoms with Crippen molar-refractivity contribution in [3.8, 4) is 0 Å². The van der Waals surface area contributed by atoms with E-state index in [1.54, 1.807) is 29.1 Å². The van der Waals surface area contributed by atoms with Crippen molar-refractivity contribution in [3.63, 3.8) is 0 Å². The summed E-state index contributed by atoms with van der Waals surface area (Å²) in [4.78, 5) is 23.4. The molecule has 2 aromatic heterocycles. The van der Waals surface area contributed by atoms with Crippen LogP contribution in [0.15, 0.2) is 40.2 Å². The number of aromatic nitrogens is 2. The zero-order chi connectivity index (χ0) is 20.2. The average Bonchev–Trinajstić information content (AvgIpc) is 3.48. The number of hydrogen-bond donors (Lipinski definition) is 1. The molecule has 30 heavy (non-hydrogen) atoms. The fourth-order valence-electron chi connectivity index (χ4n) is 4.14. The third kappa shape index (κ3) is 4.97. The van der Waals surface area contributed by atoms with Crippen LogP contribution < -0.4 is 10.2 Å². The van der Waals surface area contributed by atoms with Crippen molar-refractivity contribution in [2.75, 3.05) is 51.2 Å². The summed E-state index contributed by atoms with van der Waals surface area (Å²) in [6.45, 7) is 4.47. The Kier molecular flexibility index (Phi) is 7.75. The van der Waals surface area contributed by atoms with Crippen LogP contribution in [0.5, 0.6) is 0 Å². The molecule has 1 atom stereocenters. The number of guanidine groups is 1. The van der Waals surface area contributed by atoms with Gasteiger partial charge in [0.25, 0.3) is 0 Å². The second kappa shape index (κ2) is 10.3. The Balaban J connectivity index is 0.00000256. The van der Waals surface area contributed by atoms with E-state index in [1.807, 2.05) is 30.3 Å². The van der Waals surface area contributed by atoms with Crippen LogP contribution in [0.25, 0.3) is 0 Å². The molecule has 0 saturated carbocycles. The molecule has 1 amide bonds. The first-order chi connectivity index (χ1) is 14.2. The number of amides is 1. The molecule has 1 N–H and O–H groups in total. The molecule has 0 spiro atoms. The molecule has 10 heteroatoms. The molecule has 4 heterocycles. The van der Waals surface area contributed by atoms with Gasteiger partial charge in [-0.25, -0.2) is 0 Å². The number of piperazine rings is 1. The Morgan fingerprint density at radius 1 is 1.30 bits per heavy atom. The Morgan fingerprint density at radius 3 is 2.70 bits per heavy atom. The van der Waals surface area contributed by atoms with Crippen LogP contribution in [0.1, 0.15) is 24.6 Å². The number of halogens is 1. The van der Waals surface area contributed by atoms with Crippen molar-refractivity contribution >= 4 is 41.5 Å². The van der Waals surface area contributed by atoms with E-state index in [9.17, 15) is 4.79 Å². The zero-order valence-corrected chi connectivity index (χ0v) is 19.9. The number of rotatable bonds is 5. The van der Waals surface area contributed by atoms with E-state index in [4.69, 9.17) is 4.42 Å². The van der Waals surface area contributed by atoms with Crippen molar-refractivity contribution < 1.29 is 9.21 Å². The summed E-state index contributed by atoms with van der Waals surface area (Å²) < 4.78 is 7.41. The van der Waals surface area contributed by atoms with Gasteiger partial charge in [0.2, 0.25) is 5.91 Å². The van der Waals surface area contributed by atoms with Crippen molar-refractivity contribution in [1.82, 2.24) is 24.9 Å². The van der Waals surface area contributed by atoms with Crippen LogP contribution in [-0.2, 0) is 11.8 Å². The Morgan fingerprint density at radius 2 is 2.10 bits per heavy atom. The number of likely N-dealkylation sites (tertiary alicyclic amines) is 1. The summed E-state index contributed by atoms with van der Waals surface area (Å²) in [5.74, 6) is 1.77. The predicted molar refractivity (Wildman–Crippen MR) is 126 cm³/mol. The SMILES string of the molecule is CN=C(NCC(c1ccco1)N1CCCC1)N1CCN(c2cnn(C)c2)C(=O)C1.I. The minimum Gasteiger partial charge on any atom is -0.468 e. The second-order valence-electron chi connectivity index (χ2n) is 7.54. The maximum Gasteiger partial charge on any atom is 0.246 e. The van der Waals surface area contributed by atoms with Crippen LogP contribution in [0.4, 0.5) is 5.69 Å². The first kappa shape index (κ1) is 22.6. The van der Waals surface area contributed by atoms with E-state index in [0.717, 1.165) is 37.0 Å². The van der Waals surface area contributed by atoms with Crippen molar-refractivity contribution in [2.45, 2.75) is 18.9 Å². The van der Waals surface area contributed by atoms with E-state index < -0.39 is 0 Å². The lowest BCUT2D eigenvalue weighted by Gasteiger charge is -2.36. The summed E-state index contributed by atoms with van der Waals surface area (Å²) in [6.07, 6.45) is 7.76. The number of aryl methyl sites for hydroxylation is 1. The van der Waals surface area contributed by atoms with Gasteiger partial charge in [-0.05, 0) is 38.1 Å². The Labute approximate surface area is 194 Å². The number of furan rings is 1. The lowest BCUT2D eigenvalue weighted by molar-refractivity contribution is -0.120. The summed E-state index contributed by atoms with van der Waals surface area (Å²) in [5.41, 5.74) is 0.840. The van der Waals surface area contributed by atoms with Crippen molar-refractivity contribution in [3.05, 3.63) is 36.5 Å². The van der Waals surface area contributed by atoms with Gasteiger partial charge >= 0.3 is 0 Å². The summed E-state index contributed by atoms with van der Waals surface area (Å²) in [7, 11) is 3.61. The maximum atomic E-state index is 12.7. The van der Waals surface area contributed by atoms with Gasteiger partial charge in [-0.3, -0.25) is 19.4 Å². The van der Waals surface area contributed by atoms with Gasteiger partial charge in [0.05, 0.1) is 24.2 Å². The molecule has 2 aliphatic heterocycles. The minimum atomic E-state index is 0.